The smallest absolute Gasteiger partial charge is 0.257 e. The maximum atomic E-state index is 13.0. The van der Waals surface area contributed by atoms with Gasteiger partial charge in [-0.25, -0.2) is 0 Å². The van der Waals surface area contributed by atoms with Crippen LogP contribution in [-0.4, -0.2) is 51.1 Å². The largest absolute Gasteiger partial charge is 0.352 e. The molecule has 3 heterocycles. The molecule has 1 unspecified atom stereocenters. The van der Waals surface area contributed by atoms with E-state index in [1.54, 1.807) is 30.7 Å². The van der Waals surface area contributed by atoms with E-state index in [1.165, 1.54) is 0 Å². The van der Waals surface area contributed by atoms with Crippen molar-refractivity contribution in [1.29, 1.82) is 0 Å². The van der Waals surface area contributed by atoms with Gasteiger partial charge in [-0.05, 0) is 43.7 Å². The third-order valence-electron chi connectivity index (χ3n) is 5.14. The number of fused-ring (bicyclic) bond motifs is 1. The molecule has 150 valence electrons. The molecule has 0 aliphatic carbocycles. The van der Waals surface area contributed by atoms with E-state index in [-0.39, 0.29) is 17.7 Å². The van der Waals surface area contributed by atoms with Crippen molar-refractivity contribution in [2.45, 2.75) is 40.2 Å². The number of hydrogen-bond acceptors (Lipinski definition) is 4. The van der Waals surface area contributed by atoms with Crippen molar-refractivity contribution < 1.29 is 9.59 Å². The molecule has 2 aromatic rings. The molecule has 1 aliphatic rings. The summed E-state index contributed by atoms with van der Waals surface area (Å²) in [7, 11) is 0. The lowest BCUT2D eigenvalue weighted by Crippen LogP contribution is -2.36. The summed E-state index contributed by atoms with van der Waals surface area (Å²) in [6, 6.07) is 3.51. The monoisotopic (exact) mass is 383 g/mol. The molecule has 1 N–H and O–H groups in total. The predicted octanol–water partition coefficient (Wildman–Crippen LogP) is 2.39. The number of pyridine rings is 1. The van der Waals surface area contributed by atoms with Crippen molar-refractivity contribution >= 4 is 11.8 Å². The molecule has 28 heavy (non-hydrogen) atoms. The summed E-state index contributed by atoms with van der Waals surface area (Å²) in [6.45, 7) is 9.01. The first-order valence-corrected chi connectivity index (χ1v) is 10.0. The zero-order valence-electron chi connectivity index (χ0n) is 16.9. The van der Waals surface area contributed by atoms with Gasteiger partial charge in [0, 0.05) is 38.6 Å². The molecule has 0 bridgehead atoms. The van der Waals surface area contributed by atoms with Crippen LogP contribution in [0.4, 0.5) is 0 Å². The minimum Gasteiger partial charge on any atom is -0.352 e. The fourth-order valence-electron chi connectivity index (χ4n) is 3.65. The SMILES string of the molecule is CCN(CC(C)C)C(=O)c1cnn2c1CC(CNC(=O)c1cccnc1)CC2. The van der Waals surface area contributed by atoms with E-state index in [1.807, 2.05) is 16.5 Å². The Kier molecular flexibility index (Phi) is 6.44. The normalized spacial score (nSPS) is 15.9. The summed E-state index contributed by atoms with van der Waals surface area (Å²) in [6.07, 6.45) is 6.59. The highest BCUT2D eigenvalue weighted by molar-refractivity contribution is 5.95. The van der Waals surface area contributed by atoms with Gasteiger partial charge in [-0.15, -0.1) is 0 Å². The number of nitrogens with one attached hydrogen (secondary N) is 1. The van der Waals surface area contributed by atoms with E-state index >= 15 is 0 Å². The van der Waals surface area contributed by atoms with Crippen molar-refractivity contribution in [2.75, 3.05) is 19.6 Å². The standard InChI is InChI=1S/C21H29N5O2/c1-4-25(14-15(2)3)21(28)18-13-24-26-9-7-16(10-19(18)26)11-23-20(27)17-6-5-8-22-12-17/h5-6,8,12-13,15-16H,4,7,9-11,14H2,1-3H3,(H,23,27). The molecular weight excluding hydrogens is 354 g/mol. The van der Waals surface area contributed by atoms with Crippen LogP contribution in [0.3, 0.4) is 0 Å². The highest BCUT2D eigenvalue weighted by atomic mass is 16.2. The molecule has 3 rings (SSSR count). The third-order valence-corrected chi connectivity index (χ3v) is 5.14. The fraction of sp³-hybridized carbons (Fsp3) is 0.524. The summed E-state index contributed by atoms with van der Waals surface area (Å²) < 4.78 is 1.94. The van der Waals surface area contributed by atoms with Crippen LogP contribution < -0.4 is 5.32 Å². The number of aromatic nitrogens is 3. The molecule has 0 saturated carbocycles. The van der Waals surface area contributed by atoms with Crippen molar-refractivity contribution in [1.82, 2.24) is 25.0 Å². The van der Waals surface area contributed by atoms with E-state index in [2.05, 4.69) is 29.2 Å². The van der Waals surface area contributed by atoms with E-state index in [9.17, 15) is 9.59 Å². The van der Waals surface area contributed by atoms with Crippen LogP contribution in [0.5, 0.6) is 0 Å². The van der Waals surface area contributed by atoms with Crippen LogP contribution >= 0.6 is 0 Å². The first-order valence-electron chi connectivity index (χ1n) is 10.0. The molecule has 0 spiro atoms. The zero-order chi connectivity index (χ0) is 20.1. The zero-order valence-corrected chi connectivity index (χ0v) is 16.9. The van der Waals surface area contributed by atoms with Gasteiger partial charge < -0.3 is 10.2 Å². The molecule has 2 amide bonds. The number of amides is 2. The van der Waals surface area contributed by atoms with E-state index < -0.39 is 0 Å². The molecule has 7 nitrogen and oxygen atoms in total. The Morgan fingerprint density at radius 3 is 2.86 bits per heavy atom. The quantitative estimate of drug-likeness (QED) is 0.796. The molecule has 1 atom stereocenters. The number of nitrogens with zero attached hydrogens (tertiary/aromatic N) is 4. The Morgan fingerprint density at radius 2 is 2.18 bits per heavy atom. The second kappa shape index (κ2) is 8.99. The van der Waals surface area contributed by atoms with E-state index in [4.69, 9.17) is 0 Å². The Bertz CT molecular complexity index is 815. The molecule has 0 fully saturated rings. The van der Waals surface area contributed by atoms with Gasteiger partial charge in [-0.2, -0.15) is 5.10 Å². The van der Waals surface area contributed by atoms with E-state index in [0.29, 0.717) is 30.1 Å². The molecular formula is C21H29N5O2. The fourth-order valence-corrected chi connectivity index (χ4v) is 3.65. The Morgan fingerprint density at radius 1 is 1.36 bits per heavy atom. The average Bonchev–Trinajstić information content (AvgIpc) is 3.13. The van der Waals surface area contributed by atoms with Gasteiger partial charge in [0.25, 0.3) is 11.8 Å². The number of aryl methyl sites for hydroxylation is 1. The van der Waals surface area contributed by atoms with Gasteiger partial charge in [0.1, 0.15) is 0 Å². The first kappa shape index (κ1) is 20.0. The van der Waals surface area contributed by atoms with Crippen LogP contribution in [0.15, 0.2) is 30.7 Å². The maximum Gasteiger partial charge on any atom is 0.257 e. The summed E-state index contributed by atoms with van der Waals surface area (Å²) >= 11 is 0. The molecule has 7 heteroatoms. The summed E-state index contributed by atoms with van der Waals surface area (Å²) in [5.74, 6) is 0.650. The molecule has 1 aliphatic heterocycles. The van der Waals surface area contributed by atoms with Gasteiger partial charge in [0.2, 0.25) is 0 Å². The minimum atomic E-state index is -0.113. The lowest BCUT2D eigenvalue weighted by atomic mass is 9.94. The summed E-state index contributed by atoms with van der Waals surface area (Å²) in [5.41, 5.74) is 2.25. The second-order valence-electron chi connectivity index (χ2n) is 7.78. The number of hydrogen-bond donors (Lipinski definition) is 1. The average molecular weight is 383 g/mol. The predicted molar refractivity (Wildman–Crippen MR) is 107 cm³/mol. The van der Waals surface area contributed by atoms with Crippen molar-refractivity contribution in [3.05, 3.63) is 47.5 Å². The van der Waals surface area contributed by atoms with Crippen molar-refractivity contribution in [2.24, 2.45) is 11.8 Å². The number of carbonyl (C=O) groups excluding carboxylic acids is 2. The Labute approximate surface area is 166 Å². The molecule has 2 aromatic heterocycles. The van der Waals surface area contributed by atoms with E-state index in [0.717, 1.165) is 31.6 Å². The van der Waals surface area contributed by atoms with Gasteiger partial charge in [-0.1, -0.05) is 13.8 Å². The minimum absolute atomic E-state index is 0.0532. The first-order chi connectivity index (χ1) is 13.5. The number of rotatable bonds is 7. The Balaban J connectivity index is 1.65. The lowest BCUT2D eigenvalue weighted by Gasteiger charge is -2.26. The summed E-state index contributed by atoms with van der Waals surface area (Å²) in [4.78, 5) is 31.1. The highest BCUT2D eigenvalue weighted by Crippen LogP contribution is 2.24. The van der Waals surface area contributed by atoms with Gasteiger partial charge >= 0.3 is 0 Å². The van der Waals surface area contributed by atoms with Crippen molar-refractivity contribution in [3.8, 4) is 0 Å². The highest BCUT2D eigenvalue weighted by Gasteiger charge is 2.27. The second-order valence-corrected chi connectivity index (χ2v) is 7.78. The molecule has 0 aromatic carbocycles. The van der Waals surface area contributed by atoms with Crippen LogP contribution in [0, 0.1) is 11.8 Å². The Hall–Kier alpha value is -2.70. The maximum absolute atomic E-state index is 13.0. The molecule has 0 radical (unpaired) electrons. The van der Waals surface area contributed by atoms with Crippen LogP contribution in [0.2, 0.25) is 0 Å². The van der Waals surface area contributed by atoms with Crippen molar-refractivity contribution in [3.63, 3.8) is 0 Å². The van der Waals surface area contributed by atoms with Gasteiger partial charge in [-0.3, -0.25) is 19.3 Å². The van der Waals surface area contributed by atoms with Crippen LogP contribution in [0.1, 0.15) is 53.6 Å². The molecule has 0 saturated heterocycles. The topological polar surface area (TPSA) is 80.1 Å². The lowest BCUT2D eigenvalue weighted by molar-refractivity contribution is 0.0743. The van der Waals surface area contributed by atoms with Gasteiger partial charge in [0.05, 0.1) is 23.0 Å². The van der Waals surface area contributed by atoms with Crippen LogP contribution in [0.25, 0.3) is 0 Å². The third kappa shape index (κ3) is 4.58. The van der Waals surface area contributed by atoms with Gasteiger partial charge in [0.15, 0.2) is 0 Å². The summed E-state index contributed by atoms with van der Waals surface area (Å²) in [5, 5.41) is 7.42. The van der Waals surface area contributed by atoms with Crippen LogP contribution in [-0.2, 0) is 13.0 Å². The number of carbonyl (C=O) groups is 2.